The zero-order chi connectivity index (χ0) is 31.7. The van der Waals surface area contributed by atoms with Gasteiger partial charge < -0.3 is 0 Å². The van der Waals surface area contributed by atoms with Crippen LogP contribution in [0.3, 0.4) is 0 Å². The van der Waals surface area contributed by atoms with E-state index in [1.807, 2.05) is 25.3 Å². The van der Waals surface area contributed by atoms with Gasteiger partial charge in [0.05, 0.1) is 11.4 Å². The Morgan fingerprint density at radius 2 is 1.32 bits per heavy atom. The minimum atomic E-state index is 0.672. The first-order valence-electron chi connectivity index (χ1n) is 15.8. The maximum absolute atomic E-state index is 5.24. The Kier molecular flexibility index (Phi) is 7.20. The average Bonchev–Trinajstić information content (AvgIpc) is 3.47. The SMILES string of the molecule is C=C(/C=C(\C=C/C)c1ccccc1)c1cc(-c2cccc(-c3cccnc3)c2)nc(-c2ccc3c4c(cccc24)-c2ccccc2-3)n1. The van der Waals surface area contributed by atoms with Gasteiger partial charge in [0.1, 0.15) is 0 Å². The number of rotatable bonds is 7. The van der Waals surface area contributed by atoms with Gasteiger partial charge in [-0.1, -0.05) is 122 Å². The molecule has 8 rings (SSSR count). The van der Waals surface area contributed by atoms with Crippen LogP contribution >= 0.6 is 0 Å². The second-order valence-electron chi connectivity index (χ2n) is 11.7. The molecule has 0 fully saturated rings. The molecular weight excluding hydrogens is 571 g/mol. The van der Waals surface area contributed by atoms with Gasteiger partial charge in [0.2, 0.25) is 0 Å². The van der Waals surface area contributed by atoms with E-state index in [4.69, 9.17) is 9.97 Å². The van der Waals surface area contributed by atoms with Crippen LogP contribution in [0.1, 0.15) is 18.2 Å². The van der Waals surface area contributed by atoms with Gasteiger partial charge in [-0.3, -0.25) is 4.98 Å². The van der Waals surface area contributed by atoms with Crippen LogP contribution in [0.4, 0.5) is 0 Å². The summed E-state index contributed by atoms with van der Waals surface area (Å²) in [5.74, 6) is 0.672. The third kappa shape index (κ3) is 5.18. The Bertz CT molecular complexity index is 2340. The van der Waals surface area contributed by atoms with Crippen LogP contribution in [0.5, 0.6) is 0 Å². The Labute approximate surface area is 275 Å². The lowest BCUT2D eigenvalue weighted by atomic mass is 9.97. The highest BCUT2D eigenvalue weighted by atomic mass is 14.9. The molecule has 0 amide bonds. The Morgan fingerprint density at radius 1 is 0.617 bits per heavy atom. The van der Waals surface area contributed by atoms with Crippen molar-refractivity contribution >= 4 is 21.9 Å². The van der Waals surface area contributed by atoms with Crippen molar-refractivity contribution in [3.63, 3.8) is 0 Å². The van der Waals surface area contributed by atoms with E-state index in [-0.39, 0.29) is 0 Å². The maximum Gasteiger partial charge on any atom is 0.161 e. The van der Waals surface area contributed by atoms with Gasteiger partial charge in [0.25, 0.3) is 0 Å². The molecule has 3 nitrogen and oxygen atoms in total. The van der Waals surface area contributed by atoms with Crippen LogP contribution in [0.15, 0.2) is 165 Å². The number of allylic oxidation sites excluding steroid dienone is 5. The molecule has 0 N–H and O–H groups in total. The van der Waals surface area contributed by atoms with Crippen LogP contribution < -0.4 is 0 Å². The molecule has 0 atom stereocenters. The first kappa shape index (κ1) is 28.3. The van der Waals surface area contributed by atoms with Crippen molar-refractivity contribution < 1.29 is 0 Å². The van der Waals surface area contributed by atoms with E-state index in [2.05, 4.69) is 145 Å². The lowest BCUT2D eigenvalue weighted by Gasteiger charge is -2.13. The van der Waals surface area contributed by atoms with Gasteiger partial charge in [-0.25, -0.2) is 9.97 Å². The predicted molar refractivity (Wildman–Crippen MR) is 196 cm³/mol. The lowest BCUT2D eigenvalue weighted by molar-refractivity contribution is 1.16. The van der Waals surface area contributed by atoms with Gasteiger partial charge >= 0.3 is 0 Å². The molecule has 7 aromatic rings. The number of benzene rings is 5. The molecule has 47 heavy (non-hydrogen) atoms. The predicted octanol–water partition coefficient (Wildman–Crippen LogP) is 11.3. The third-order valence-electron chi connectivity index (χ3n) is 8.78. The van der Waals surface area contributed by atoms with E-state index in [1.165, 1.54) is 27.6 Å². The highest BCUT2D eigenvalue weighted by molar-refractivity contribution is 6.18. The minimum absolute atomic E-state index is 0.672. The van der Waals surface area contributed by atoms with Crippen molar-refractivity contribution in [1.29, 1.82) is 0 Å². The summed E-state index contributed by atoms with van der Waals surface area (Å²) in [7, 11) is 0. The molecule has 0 saturated heterocycles. The number of nitrogens with zero attached hydrogens (tertiary/aromatic N) is 3. The number of fused-ring (bicyclic) bond motifs is 3. The van der Waals surface area contributed by atoms with Gasteiger partial charge in [0.15, 0.2) is 5.82 Å². The summed E-state index contributed by atoms with van der Waals surface area (Å²) in [6.45, 7) is 6.56. The minimum Gasteiger partial charge on any atom is -0.264 e. The normalized spacial score (nSPS) is 12.1. The van der Waals surface area contributed by atoms with Crippen LogP contribution in [0, 0.1) is 0 Å². The van der Waals surface area contributed by atoms with Crippen LogP contribution in [-0.4, -0.2) is 15.0 Å². The Balaban J connectivity index is 1.32. The summed E-state index contributed by atoms with van der Waals surface area (Å²) in [6, 6.07) is 44.5. The van der Waals surface area contributed by atoms with E-state index >= 15 is 0 Å². The smallest absolute Gasteiger partial charge is 0.161 e. The topological polar surface area (TPSA) is 38.7 Å². The molecule has 1 aliphatic carbocycles. The summed E-state index contributed by atoms with van der Waals surface area (Å²) < 4.78 is 0. The largest absolute Gasteiger partial charge is 0.264 e. The van der Waals surface area contributed by atoms with Gasteiger partial charge in [-0.15, -0.1) is 0 Å². The van der Waals surface area contributed by atoms with E-state index in [0.29, 0.717) is 5.82 Å². The van der Waals surface area contributed by atoms with Gasteiger partial charge in [-0.05, 0) is 92.6 Å². The molecule has 1 aliphatic rings. The van der Waals surface area contributed by atoms with Crippen LogP contribution in [0.25, 0.3) is 77.9 Å². The monoisotopic (exact) mass is 601 g/mol. The Morgan fingerprint density at radius 3 is 2.11 bits per heavy atom. The standard InChI is InChI=1S/C44H31N3/c1-3-12-31(30-13-5-4-6-14-30)25-29(2)41-27-42(33-16-9-15-32(26-33)34-17-11-24-45-28-34)47-44(46-41)40-23-22-39-36-19-8-7-18-35(36)37-20-10-21-38(40)43(37)39/h3-28H,2H2,1H3/b12-3-,31-25+. The lowest BCUT2D eigenvalue weighted by Crippen LogP contribution is -1.99. The summed E-state index contributed by atoms with van der Waals surface area (Å²) in [6.07, 6.45) is 9.96. The fourth-order valence-corrected chi connectivity index (χ4v) is 6.57. The molecule has 3 heteroatoms. The van der Waals surface area contributed by atoms with Crippen LogP contribution in [0.2, 0.25) is 0 Å². The fourth-order valence-electron chi connectivity index (χ4n) is 6.57. The highest BCUT2D eigenvalue weighted by Gasteiger charge is 2.23. The molecule has 0 saturated carbocycles. The zero-order valence-corrected chi connectivity index (χ0v) is 26.1. The first-order valence-corrected chi connectivity index (χ1v) is 15.8. The summed E-state index contributed by atoms with van der Waals surface area (Å²) in [5.41, 5.74) is 13.8. The Hall–Kier alpha value is -6.19. The van der Waals surface area contributed by atoms with Gasteiger partial charge in [0, 0.05) is 29.1 Å². The van der Waals surface area contributed by atoms with E-state index in [0.717, 1.165) is 55.7 Å². The quantitative estimate of drug-likeness (QED) is 0.171. The van der Waals surface area contributed by atoms with E-state index < -0.39 is 0 Å². The molecule has 2 heterocycles. The molecule has 0 radical (unpaired) electrons. The molecule has 5 aromatic carbocycles. The van der Waals surface area contributed by atoms with Gasteiger partial charge in [-0.2, -0.15) is 0 Å². The average molecular weight is 602 g/mol. The molecule has 0 spiro atoms. The molecule has 0 unspecified atom stereocenters. The van der Waals surface area contributed by atoms with Crippen molar-refractivity contribution in [2.75, 3.05) is 0 Å². The fraction of sp³-hybridized carbons (Fsp3) is 0.0227. The first-order chi connectivity index (χ1) is 23.2. The molecular formula is C44H31N3. The van der Waals surface area contributed by atoms with Crippen molar-refractivity contribution in [3.05, 3.63) is 176 Å². The summed E-state index contributed by atoms with van der Waals surface area (Å²) >= 11 is 0. The molecule has 222 valence electrons. The van der Waals surface area contributed by atoms with E-state index in [1.54, 1.807) is 6.20 Å². The van der Waals surface area contributed by atoms with Crippen molar-refractivity contribution in [3.8, 4) is 56.0 Å². The van der Waals surface area contributed by atoms with Crippen LogP contribution in [-0.2, 0) is 0 Å². The van der Waals surface area contributed by atoms with Crippen molar-refractivity contribution in [1.82, 2.24) is 15.0 Å². The molecule has 0 bridgehead atoms. The van der Waals surface area contributed by atoms with Crippen molar-refractivity contribution in [2.45, 2.75) is 6.92 Å². The maximum atomic E-state index is 5.24. The van der Waals surface area contributed by atoms with E-state index in [9.17, 15) is 0 Å². The number of hydrogen-bond acceptors (Lipinski definition) is 3. The summed E-state index contributed by atoms with van der Waals surface area (Å²) in [5, 5.41) is 2.39. The summed E-state index contributed by atoms with van der Waals surface area (Å²) in [4.78, 5) is 14.8. The molecule has 0 aliphatic heterocycles. The second kappa shape index (κ2) is 12.0. The van der Waals surface area contributed by atoms with Crippen molar-refractivity contribution in [2.24, 2.45) is 0 Å². The number of hydrogen-bond donors (Lipinski definition) is 0. The molecule has 2 aromatic heterocycles. The highest BCUT2D eigenvalue weighted by Crippen LogP contribution is 2.49. The second-order valence-corrected chi connectivity index (χ2v) is 11.7. The number of aromatic nitrogens is 3. The number of pyridine rings is 1. The third-order valence-corrected chi connectivity index (χ3v) is 8.78. The zero-order valence-electron chi connectivity index (χ0n) is 26.1.